The third-order valence-corrected chi connectivity index (χ3v) is 3.34. The number of aromatic amines is 1. The zero-order valence-corrected chi connectivity index (χ0v) is 13.0. The van der Waals surface area contributed by atoms with Crippen LogP contribution >= 0.6 is 0 Å². The zero-order chi connectivity index (χ0) is 16.8. The highest BCUT2D eigenvalue weighted by molar-refractivity contribution is 5.83. The molecule has 7 heteroatoms. The van der Waals surface area contributed by atoms with E-state index in [1.165, 1.54) is 24.5 Å². The number of H-pyrrole nitrogens is 1. The van der Waals surface area contributed by atoms with Crippen molar-refractivity contribution < 1.29 is 9.18 Å². The summed E-state index contributed by atoms with van der Waals surface area (Å²) in [6.07, 6.45) is 1.77. The van der Waals surface area contributed by atoms with Gasteiger partial charge in [-0.2, -0.15) is 0 Å². The summed E-state index contributed by atoms with van der Waals surface area (Å²) in [5.74, 6) is -0.611. The number of hydrogen-bond donors (Lipinski definition) is 2. The molecule has 2 N–H and O–H groups in total. The maximum Gasteiger partial charge on any atom is 0.250 e. The van der Waals surface area contributed by atoms with Gasteiger partial charge < -0.3 is 10.3 Å². The van der Waals surface area contributed by atoms with Crippen LogP contribution in [0.5, 0.6) is 0 Å². The summed E-state index contributed by atoms with van der Waals surface area (Å²) in [6.45, 7) is 0.342. The SMILES string of the molecule is CN(C)[C@@H](C(=O)NCCc1cc(=O)[nH]cn1)c1cccc(F)c1. The second kappa shape index (κ2) is 7.64. The number of carbonyl (C=O) groups is 1. The Morgan fingerprint density at radius 3 is 2.83 bits per heavy atom. The molecule has 0 fully saturated rings. The smallest absolute Gasteiger partial charge is 0.250 e. The lowest BCUT2D eigenvalue weighted by atomic mass is 10.0. The number of amides is 1. The van der Waals surface area contributed by atoms with Crippen molar-refractivity contribution in [2.45, 2.75) is 12.5 Å². The summed E-state index contributed by atoms with van der Waals surface area (Å²) >= 11 is 0. The van der Waals surface area contributed by atoms with Crippen LogP contribution in [-0.2, 0) is 11.2 Å². The van der Waals surface area contributed by atoms with Gasteiger partial charge in [0.15, 0.2) is 0 Å². The van der Waals surface area contributed by atoms with E-state index in [1.807, 2.05) is 0 Å². The second-order valence-corrected chi connectivity index (χ2v) is 5.36. The minimum absolute atomic E-state index is 0.229. The second-order valence-electron chi connectivity index (χ2n) is 5.36. The van der Waals surface area contributed by atoms with E-state index in [2.05, 4.69) is 15.3 Å². The Hall–Kier alpha value is -2.54. The molecule has 0 radical (unpaired) electrons. The van der Waals surface area contributed by atoms with Gasteiger partial charge in [0.25, 0.3) is 5.56 Å². The molecule has 1 atom stereocenters. The molecule has 122 valence electrons. The molecule has 2 aromatic rings. The van der Waals surface area contributed by atoms with Crippen molar-refractivity contribution in [1.29, 1.82) is 0 Å². The third kappa shape index (κ3) is 4.72. The molecular weight excluding hydrogens is 299 g/mol. The molecule has 1 heterocycles. The Kier molecular flexibility index (Phi) is 5.59. The predicted molar refractivity (Wildman–Crippen MR) is 84.4 cm³/mol. The third-order valence-electron chi connectivity index (χ3n) is 3.34. The van der Waals surface area contributed by atoms with Gasteiger partial charge >= 0.3 is 0 Å². The van der Waals surface area contributed by atoms with Gasteiger partial charge in [0.2, 0.25) is 5.91 Å². The molecule has 0 aliphatic rings. The molecule has 0 unspecified atom stereocenters. The van der Waals surface area contributed by atoms with Gasteiger partial charge in [0, 0.05) is 24.7 Å². The van der Waals surface area contributed by atoms with Crippen LogP contribution in [0.15, 0.2) is 41.5 Å². The average Bonchev–Trinajstić information content (AvgIpc) is 2.47. The Balaban J connectivity index is 2.00. The molecule has 0 spiro atoms. The van der Waals surface area contributed by atoms with Crippen molar-refractivity contribution in [3.63, 3.8) is 0 Å². The van der Waals surface area contributed by atoms with Crippen LogP contribution in [-0.4, -0.2) is 41.4 Å². The molecule has 1 amide bonds. The first-order valence-corrected chi connectivity index (χ1v) is 7.20. The highest BCUT2D eigenvalue weighted by atomic mass is 19.1. The molecule has 6 nitrogen and oxygen atoms in total. The molecule has 0 aliphatic heterocycles. The molecule has 1 aromatic carbocycles. The van der Waals surface area contributed by atoms with Crippen LogP contribution in [0.4, 0.5) is 4.39 Å². The molecule has 0 saturated heterocycles. The Morgan fingerprint density at radius 2 is 2.17 bits per heavy atom. The molecular formula is C16H19FN4O2. The first-order valence-electron chi connectivity index (χ1n) is 7.20. The van der Waals surface area contributed by atoms with E-state index in [4.69, 9.17) is 0 Å². The van der Waals surface area contributed by atoms with Gasteiger partial charge in [-0.05, 0) is 31.8 Å². The molecule has 2 rings (SSSR count). The molecule has 0 saturated carbocycles. The lowest BCUT2D eigenvalue weighted by molar-refractivity contribution is -0.125. The fourth-order valence-corrected chi connectivity index (χ4v) is 2.32. The van der Waals surface area contributed by atoms with Crippen LogP contribution in [0.2, 0.25) is 0 Å². The fraction of sp³-hybridized carbons (Fsp3) is 0.312. The van der Waals surface area contributed by atoms with Crippen LogP contribution in [0, 0.1) is 5.82 Å². The number of nitrogens with zero attached hydrogens (tertiary/aromatic N) is 2. The summed E-state index contributed by atoms with van der Waals surface area (Å²) in [5, 5.41) is 2.79. The quantitative estimate of drug-likeness (QED) is 0.828. The topological polar surface area (TPSA) is 78.1 Å². The number of rotatable bonds is 6. The van der Waals surface area contributed by atoms with E-state index < -0.39 is 6.04 Å². The average molecular weight is 318 g/mol. The van der Waals surface area contributed by atoms with E-state index in [1.54, 1.807) is 31.1 Å². The van der Waals surface area contributed by atoms with Crippen molar-refractivity contribution in [2.75, 3.05) is 20.6 Å². The van der Waals surface area contributed by atoms with E-state index in [0.717, 1.165) is 0 Å². The Bertz CT molecular complexity index is 730. The lowest BCUT2D eigenvalue weighted by Gasteiger charge is -2.23. The maximum absolute atomic E-state index is 13.4. The van der Waals surface area contributed by atoms with Gasteiger partial charge in [-0.3, -0.25) is 14.5 Å². The van der Waals surface area contributed by atoms with Crippen molar-refractivity contribution in [2.24, 2.45) is 0 Å². The number of benzene rings is 1. The van der Waals surface area contributed by atoms with Crippen molar-refractivity contribution in [3.8, 4) is 0 Å². The van der Waals surface area contributed by atoms with Gasteiger partial charge in [0.05, 0.1) is 6.33 Å². The first kappa shape index (κ1) is 16.8. The van der Waals surface area contributed by atoms with Crippen LogP contribution in [0.1, 0.15) is 17.3 Å². The minimum Gasteiger partial charge on any atom is -0.354 e. The van der Waals surface area contributed by atoms with Gasteiger partial charge in [-0.25, -0.2) is 9.37 Å². The fourth-order valence-electron chi connectivity index (χ4n) is 2.32. The predicted octanol–water partition coefficient (Wildman–Crippen LogP) is 0.871. The Morgan fingerprint density at radius 1 is 1.39 bits per heavy atom. The Labute approximate surface area is 133 Å². The molecule has 0 bridgehead atoms. The normalized spacial score (nSPS) is 12.2. The first-order chi connectivity index (χ1) is 11.0. The lowest BCUT2D eigenvalue weighted by Crippen LogP contribution is -2.38. The highest BCUT2D eigenvalue weighted by Gasteiger charge is 2.22. The number of nitrogens with one attached hydrogen (secondary N) is 2. The van der Waals surface area contributed by atoms with Crippen molar-refractivity contribution in [3.05, 3.63) is 64.1 Å². The number of aromatic nitrogens is 2. The van der Waals surface area contributed by atoms with Gasteiger partial charge in [-0.1, -0.05) is 12.1 Å². The van der Waals surface area contributed by atoms with Crippen LogP contribution in [0.25, 0.3) is 0 Å². The summed E-state index contributed by atoms with van der Waals surface area (Å²) in [6, 6.07) is 6.79. The van der Waals surface area contributed by atoms with Gasteiger partial charge in [0.1, 0.15) is 11.9 Å². The summed E-state index contributed by atoms with van der Waals surface area (Å²) in [4.78, 5) is 31.7. The number of hydrogen-bond acceptors (Lipinski definition) is 4. The summed E-state index contributed by atoms with van der Waals surface area (Å²) < 4.78 is 13.4. The van der Waals surface area contributed by atoms with Gasteiger partial charge in [-0.15, -0.1) is 0 Å². The standard InChI is InChI=1S/C16H19FN4O2/c1-21(2)15(11-4-3-5-12(17)8-11)16(23)18-7-6-13-9-14(22)20-10-19-13/h3-5,8-10,15H,6-7H2,1-2H3,(H,18,23)(H,19,20,22)/t15-/m1/s1. The van der Waals surface area contributed by atoms with Crippen molar-refractivity contribution in [1.82, 2.24) is 20.2 Å². The summed E-state index contributed by atoms with van der Waals surface area (Å²) in [5.41, 5.74) is 0.954. The molecule has 1 aromatic heterocycles. The van der Waals surface area contributed by atoms with E-state index in [0.29, 0.717) is 24.2 Å². The van der Waals surface area contributed by atoms with E-state index in [9.17, 15) is 14.0 Å². The number of carbonyl (C=O) groups excluding carboxylic acids is 1. The van der Waals surface area contributed by atoms with E-state index in [-0.39, 0.29) is 17.3 Å². The van der Waals surface area contributed by atoms with Crippen LogP contribution < -0.4 is 10.9 Å². The minimum atomic E-state index is -0.585. The largest absolute Gasteiger partial charge is 0.354 e. The highest BCUT2D eigenvalue weighted by Crippen LogP contribution is 2.19. The number of halogens is 1. The van der Waals surface area contributed by atoms with Crippen LogP contribution in [0.3, 0.4) is 0 Å². The molecule has 23 heavy (non-hydrogen) atoms. The zero-order valence-electron chi connectivity index (χ0n) is 13.0. The number of likely N-dealkylation sites (N-methyl/N-ethyl adjacent to an activating group) is 1. The monoisotopic (exact) mass is 318 g/mol. The van der Waals surface area contributed by atoms with E-state index >= 15 is 0 Å². The van der Waals surface area contributed by atoms with Crippen molar-refractivity contribution >= 4 is 5.91 Å². The molecule has 0 aliphatic carbocycles. The maximum atomic E-state index is 13.4. The summed E-state index contributed by atoms with van der Waals surface area (Å²) in [7, 11) is 3.51.